The summed E-state index contributed by atoms with van der Waals surface area (Å²) >= 11 is 0. The maximum absolute atomic E-state index is 12.5. The number of carbonyl (C=O) groups excluding carboxylic acids is 1. The van der Waals surface area contributed by atoms with Gasteiger partial charge in [-0.25, -0.2) is 4.57 Å². The summed E-state index contributed by atoms with van der Waals surface area (Å²) in [6.45, 7) is 3.70. The number of rotatable bonds is 35. The van der Waals surface area contributed by atoms with Gasteiger partial charge in [0.25, 0.3) is 0 Å². The van der Waals surface area contributed by atoms with E-state index in [1.54, 1.807) is 0 Å². The van der Waals surface area contributed by atoms with Crippen LogP contribution in [0.4, 0.5) is 0 Å². The predicted octanol–water partition coefficient (Wildman–Crippen LogP) is 9.53. The number of hydrogen-bond acceptors (Lipinski definition) is 8. The molecule has 0 bridgehead atoms. The highest BCUT2D eigenvalue weighted by Gasteiger charge is 2.27. The molecule has 4 N–H and O–H groups in total. The van der Waals surface area contributed by atoms with Gasteiger partial charge in [-0.05, 0) is 51.4 Å². The number of carboxylic acid groups (broad SMARTS) is 1. The first-order valence-corrected chi connectivity index (χ1v) is 20.2. The fourth-order valence-corrected chi connectivity index (χ4v) is 5.49. The van der Waals surface area contributed by atoms with Gasteiger partial charge in [0.15, 0.2) is 0 Å². The molecule has 10 nitrogen and oxygen atoms in total. The summed E-state index contributed by atoms with van der Waals surface area (Å²) in [6, 6.07) is -1.47. The van der Waals surface area contributed by atoms with E-state index in [0.29, 0.717) is 13.0 Å². The third-order valence-electron chi connectivity index (χ3n) is 7.62. The Hall–Kier alpha value is -2.07. The van der Waals surface area contributed by atoms with Gasteiger partial charge in [-0.3, -0.25) is 18.6 Å². The molecule has 0 aromatic rings. The summed E-state index contributed by atoms with van der Waals surface area (Å²) in [5, 5.41) is 8.85. The number of allylic oxidation sites excluding steroid dienone is 8. The van der Waals surface area contributed by atoms with Crippen molar-refractivity contribution in [2.24, 2.45) is 5.73 Å². The van der Waals surface area contributed by atoms with Crippen molar-refractivity contribution in [1.29, 1.82) is 0 Å². The number of esters is 1. The second-order valence-electron chi connectivity index (χ2n) is 12.3. The van der Waals surface area contributed by atoms with E-state index in [2.05, 4.69) is 67.0 Å². The van der Waals surface area contributed by atoms with Crippen molar-refractivity contribution in [3.05, 3.63) is 48.6 Å². The SMILES string of the molecule is CC/C=C\C/C=C\C/C=C\C/C=C\CCCCCCCCC(=O)OC(COCCCCCCCCCC)COP(=O)(O)OCC(N)C(=O)O. The summed E-state index contributed by atoms with van der Waals surface area (Å²) in [4.78, 5) is 33.3. The van der Waals surface area contributed by atoms with E-state index in [9.17, 15) is 19.0 Å². The molecule has 0 saturated heterocycles. The van der Waals surface area contributed by atoms with Gasteiger partial charge >= 0.3 is 19.8 Å². The van der Waals surface area contributed by atoms with Crippen LogP contribution in [-0.2, 0) is 32.7 Å². The maximum Gasteiger partial charge on any atom is 0.472 e. The van der Waals surface area contributed by atoms with Crippen LogP contribution in [0.5, 0.6) is 0 Å². The molecule has 0 aliphatic carbocycles. The standard InChI is InChI=1S/C38H68NO9P/c1-3-5-7-9-11-13-14-15-16-17-18-19-20-21-22-23-24-26-28-30-37(40)48-35(32-45-31-29-27-25-12-10-8-6-4-2)33-46-49(43,44)47-34-36(39)38(41)42/h5,7,11,13,15-16,18-19,35-36H,3-4,6,8-10,12,14,17,20-34,39H2,1-2H3,(H,41,42)(H,43,44)/b7-5-,13-11-,16-15-,19-18-. The van der Waals surface area contributed by atoms with E-state index in [1.807, 2.05) is 0 Å². The van der Waals surface area contributed by atoms with Crippen LogP contribution in [0.3, 0.4) is 0 Å². The van der Waals surface area contributed by atoms with E-state index in [-0.39, 0.29) is 13.0 Å². The summed E-state index contributed by atoms with van der Waals surface area (Å²) in [5.41, 5.74) is 5.32. The number of phosphoric ester groups is 1. The van der Waals surface area contributed by atoms with Gasteiger partial charge in [-0.1, -0.05) is 133 Å². The summed E-state index contributed by atoms with van der Waals surface area (Å²) < 4.78 is 33.1. The first kappa shape index (κ1) is 46.9. The number of phosphoric acid groups is 1. The molecule has 0 aliphatic rings. The summed E-state index contributed by atoms with van der Waals surface area (Å²) in [6.07, 6.45) is 37.4. The average Bonchev–Trinajstić information content (AvgIpc) is 3.07. The van der Waals surface area contributed by atoms with Crippen LogP contribution in [-0.4, -0.2) is 60.5 Å². The van der Waals surface area contributed by atoms with Gasteiger partial charge in [0.05, 0.1) is 19.8 Å². The number of aliphatic carboxylic acids is 1. The fourth-order valence-electron chi connectivity index (χ4n) is 4.71. The zero-order valence-electron chi connectivity index (χ0n) is 30.5. The Kier molecular flexibility index (Phi) is 32.9. The molecule has 11 heteroatoms. The lowest BCUT2D eigenvalue weighted by molar-refractivity contribution is -0.154. The Balaban J connectivity index is 4.27. The van der Waals surface area contributed by atoms with Gasteiger partial charge < -0.3 is 25.2 Å². The van der Waals surface area contributed by atoms with Crippen LogP contribution in [0.25, 0.3) is 0 Å². The molecule has 3 atom stereocenters. The van der Waals surface area contributed by atoms with Crippen molar-refractivity contribution in [2.45, 2.75) is 154 Å². The number of carbonyl (C=O) groups is 2. The van der Waals surface area contributed by atoms with Crippen LogP contribution in [0.2, 0.25) is 0 Å². The molecule has 284 valence electrons. The molecule has 0 spiro atoms. The highest BCUT2D eigenvalue weighted by Crippen LogP contribution is 2.43. The van der Waals surface area contributed by atoms with E-state index >= 15 is 0 Å². The van der Waals surface area contributed by atoms with Crippen LogP contribution in [0, 0.1) is 0 Å². The maximum atomic E-state index is 12.5. The van der Waals surface area contributed by atoms with Crippen LogP contribution in [0.15, 0.2) is 48.6 Å². The number of ether oxygens (including phenoxy) is 2. The monoisotopic (exact) mass is 713 g/mol. The first-order valence-electron chi connectivity index (χ1n) is 18.7. The van der Waals surface area contributed by atoms with Gasteiger partial charge in [-0.15, -0.1) is 0 Å². The highest BCUT2D eigenvalue weighted by molar-refractivity contribution is 7.47. The minimum Gasteiger partial charge on any atom is -0.480 e. The molecule has 0 rings (SSSR count). The average molecular weight is 714 g/mol. The van der Waals surface area contributed by atoms with E-state index in [0.717, 1.165) is 83.5 Å². The molecule has 3 unspecified atom stereocenters. The fraction of sp³-hybridized carbons (Fsp3) is 0.737. The smallest absolute Gasteiger partial charge is 0.472 e. The molecular formula is C38H68NO9P. The summed E-state index contributed by atoms with van der Waals surface area (Å²) in [7, 11) is -4.61. The van der Waals surface area contributed by atoms with Crippen LogP contribution in [0.1, 0.15) is 142 Å². The van der Waals surface area contributed by atoms with Crippen LogP contribution < -0.4 is 5.73 Å². The van der Waals surface area contributed by atoms with Crippen molar-refractivity contribution in [2.75, 3.05) is 26.4 Å². The molecule has 0 fully saturated rings. The molecule has 0 aliphatic heterocycles. The molecule has 0 aromatic heterocycles. The minimum atomic E-state index is -4.61. The van der Waals surface area contributed by atoms with Gasteiger partial charge in [-0.2, -0.15) is 0 Å². The molecule has 49 heavy (non-hydrogen) atoms. The topological polar surface area (TPSA) is 155 Å². The third kappa shape index (κ3) is 34.2. The Bertz CT molecular complexity index is 967. The Morgan fingerprint density at radius 2 is 1.18 bits per heavy atom. The Morgan fingerprint density at radius 3 is 1.78 bits per heavy atom. The van der Waals surface area contributed by atoms with Crippen molar-refractivity contribution in [3.8, 4) is 0 Å². The van der Waals surface area contributed by atoms with Crippen molar-refractivity contribution < 1.29 is 42.7 Å². The minimum absolute atomic E-state index is 0.0101. The quantitative estimate of drug-likeness (QED) is 0.0250. The first-order chi connectivity index (χ1) is 23.7. The van der Waals surface area contributed by atoms with Crippen LogP contribution >= 0.6 is 7.82 Å². The zero-order chi connectivity index (χ0) is 36.3. The van der Waals surface area contributed by atoms with Crippen molar-refractivity contribution in [1.82, 2.24) is 0 Å². The van der Waals surface area contributed by atoms with Gasteiger partial charge in [0.2, 0.25) is 0 Å². The molecule has 0 saturated carbocycles. The second-order valence-corrected chi connectivity index (χ2v) is 13.8. The predicted molar refractivity (Wildman–Crippen MR) is 198 cm³/mol. The Labute approximate surface area is 297 Å². The molecule has 0 amide bonds. The van der Waals surface area contributed by atoms with E-state index < -0.39 is 45.1 Å². The molecule has 0 heterocycles. The van der Waals surface area contributed by atoms with E-state index in [4.69, 9.17) is 24.8 Å². The third-order valence-corrected chi connectivity index (χ3v) is 8.57. The molecular weight excluding hydrogens is 645 g/mol. The number of hydrogen-bond donors (Lipinski definition) is 3. The van der Waals surface area contributed by atoms with Gasteiger partial charge in [0, 0.05) is 13.0 Å². The number of nitrogens with two attached hydrogens (primary N) is 1. The molecule has 0 radical (unpaired) electrons. The number of carboxylic acids is 1. The summed E-state index contributed by atoms with van der Waals surface area (Å²) in [5.74, 6) is -1.80. The zero-order valence-corrected chi connectivity index (χ0v) is 31.4. The Morgan fingerprint density at radius 1 is 0.673 bits per heavy atom. The molecule has 0 aromatic carbocycles. The van der Waals surface area contributed by atoms with E-state index in [1.165, 1.54) is 32.1 Å². The highest BCUT2D eigenvalue weighted by atomic mass is 31.2. The number of unbranched alkanes of at least 4 members (excludes halogenated alkanes) is 13. The van der Waals surface area contributed by atoms with Gasteiger partial charge in [0.1, 0.15) is 12.1 Å². The lowest BCUT2D eigenvalue weighted by atomic mass is 10.1. The van der Waals surface area contributed by atoms with Crippen molar-refractivity contribution >= 4 is 19.8 Å². The lowest BCUT2D eigenvalue weighted by Gasteiger charge is -2.20. The largest absolute Gasteiger partial charge is 0.480 e. The normalized spacial score (nSPS) is 14.7. The second kappa shape index (κ2) is 34.4. The van der Waals surface area contributed by atoms with Crippen molar-refractivity contribution in [3.63, 3.8) is 0 Å². The lowest BCUT2D eigenvalue weighted by Crippen LogP contribution is -2.34.